The van der Waals surface area contributed by atoms with E-state index in [0.717, 1.165) is 0 Å². The first-order valence-corrected chi connectivity index (χ1v) is 3.20. The van der Waals surface area contributed by atoms with Gasteiger partial charge in [0.05, 0.1) is 0 Å². The van der Waals surface area contributed by atoms with Crippen LogP contribution in [0.4, 0.5) is 0 Å². The molecule has 4 nitrogen and oxygen atoms in total. The molecule has 0 aliphatic rings. The molecule has 0 radical (unpaired) electrons. The Morgan fingerprint density at radius 2 is 2.18 bits per heavy atom. The maximum atomic E-state index is 10.6. The monoisotopic (exact) mass is 156 g/mol. The van der Waals surface area contributed by atoms with Gasteiger partial charge in [0, 0.05) is 12.5 Å². The smallest absolute Gasteiger partial charge is 0.382 e. The van der Waals surface area contributed by atoms with Gasteiger partial charge in [0.25, 0.3) is 0 Å². The Hall–Kier alpha value is -1.45. The summed E-state index contributed by atoms with van der Waals surface area (Å²) in [6.45, 7) is 1.77. The summed E-state index contributed by atoms with van der Waals surface area (Å²) in [6.07, 6.45) is 0.503. The third kappa shape index (κ3) is 1.34. The zero-order valence-corrected chi connectivity index (χ0v) is 6.00. The predicted octanol–water partition coefficient (Wildman–Crippen LogP) is 0.613. The largest absolute Gasteiger partial charge is 0.504 e. The van der Waals surface area contributed by atoms with Crippen LogP contribution in [0.25, 0.3) is 0 Å². The highest BCUT2D eigenvalue weighted by Gasteiger charge is 2.07. The third-order valence-electron chi connectivity index (χ3n) is 1.31. The van der Waals surface area contributed by atoms with Crippen LogP contribution in [0.3, 0.4) is 0 Å². The first kappa shape index (κ1) is 7.65. The van der Waals surface area contributed by atoms with Gasteiger partial charge in [-0.2, -0.15) is 0 Å². The van der Waals surface area contributed by atoms with E-state index in [-0.39, 0.29) is 0 Å². The Morgan fingerprint density at radius 3 is 2.64 bits per heavy atom. The highest BCUT2D eigenvalue weighted by atomic mass is 16.4. The molecule has 0 saturated heterocycles. The van der Waals surface area contributed by atoms with Crippen LogP contribution in [0, 0.1) is 0 Å². The van der Waals surface area contributed by atoms with Crippen molar-refractivity contribution in [1.82, 2.24) is 0 Å². The maximum absolute atomic E-state index is 10.6. The molecule has 0 aliphatic heterocycles. The second-order valence-corrected chi connectivity index (χ2v) is 2.09. The number of aryl methyl sites for hydroxylation is 1. The Bertz CT molecular complexity index is 313. The molecule has 2 N–H and O–H groups in total. The first-order chi connectivity index (χ1) is 5.15. The average Bonchev–Trinajstić information content (AvgIpc) is 1.99. The van der Waals surface area contributed by atoms with E-state index >= 15 is 0 Å². The summed E-state index contributed by atoms with van der Waals surface area (Å²) < 4.78 is 4.57. The lowest BCUT2D eigenvalue weighted by molar-refractivity contribution is 0.353. The molecule has 11 heavy (non-hydrogen) atoms. The lowest BCUT2D eigenvalue weighted by Crippen LogP contribution is -1.99. The standard InChI is InChI=1S/C7H8O4/c1-2-4-3-5(8)6(9)7(10)11-4/h3,8-9H,2H2,1H3. The Kier molecular flexibility index (Phi) is 1.85. The van der Waals surface area contributed by atoms with E-state index in [2.05, 4.69) is 4.42 Å². The molecule has 1 heterocycles. The Balaban J connectivity index is 3.32. The molecule has 0 bridgehead atoms. The topological polar surface area (TPSA) is 70.7 Å². The van der Waals surface area contributed by atoms with Crippen LogP contribution in [0.2, 0.25) is 0 Å². The van der Waals surface area contributed by atoms with Gasteiger partial charge in [-0.1, -0.05) is 6.92 Å². The summed E-state index contributed by atoms with van der Waals surface area (Å²) in [4.78, 5) is 10.6. The molecule has 1 aromatic rings. The third-order valence-corrected chi connectivity index (χ3v) is 1.31. The molecule has 0 spiro atoms. The van der Waals surface area contributed by atoms with Crippen molar-refractivity contribution in [2.24, 2.45) is 0 Å². The van der Waals surface area contributed by atoms with E-state index in [1.807, 2.05) is 0 Å². The molecule has 0 aromatic carbocycles. The van der Waals surface area contributed by atoms with Crippen molar-refractivity contribution in [3.8, 4) is 11.5 Å². The minimum absolute atomic E-state index is 0.352. The highest BCUT2D eigenvalue weighted by molar-refractivity contribution is 5.34. The molecule has 1 rings (SSSR count). The van der Waals surface area contributed by atoms with Gasteiger partial charge in [-0.3, -0.25) is 0 Å². The molecule has 1 aromatic heterocycles. The maximum Gasteiger partial charge on any atom is 0.382 e. The quantitative estimate of drug-likeness (QED) is 0.625. The van der Waals surface area contributed by atoms with Gasteiger partial charge >= 0.3 is 5.63 Å². The number of rotatable bonds is 1. The van der Waals surface area contributed by atoms with E-state index in [0.29, 0.717) is 12.2 Å². The van der Waals surface area contributed by atoms with E-state index in [1.165, 1.54) is 6.07 Å². The fraction of sp³-hybridized carbons (Fsp3) is 0.286. The zero-order chi connectivity index (χ0) is 8.43. The Morgan fingerprint density at radius 1 is 1.55 bits per heavy atom. The van der Waals surface area contributed by atoms with Crippen molar-refractivity contribution >= 4 is 0 Å². The van der Waals surface area contributed by atoms with E-state index in [4.69, 9.17) is 10.2 Å². The van der Waals surface area contributed by atoms with Gasteiger partial charge < -0.3 is 14.6 Å². The summed E-state index contributed by atoms with van der Waals surface area (Å²) in [5, 5.41) is 17.7. The fourth-order valence-electron chi connectivity index (χ4n) is 0.697. The van der Waals surface area contributed by atoms with Crippen molar-refractivity contribution in [3.63, 3.8) is 0 Å². The van der Waals surface area contributed by atoms with Crippen LogP contribution in [0.5, 0.6) is 11.5 Å². The molecule has 0 saturated carbocycles. The van der Waals surface area contributed by atoms with Crippen LogP contribution in [-0.2, 0) is 6.42 Å². The molecule has 4 heteroatoms. The van der Waals surface area contributed by atoms with Gasteiger partial charge in [-0.05, 0) is 0 Å². The van der Waals surface area contributed by atoms with Crippen molar-refractivity contribution in [2.45, 2.75) is 13.3 Å². The minimum Gasteiger partial charge on any atom is -0.504 e. The van der Waals surface area contributed by atoms with E-state index in [1.54, 1.807) is 6.92 Å². The second kappa shape index (κ2) is 2.65. The summed E-state index contributed by atoms with van der Waals surface area (Å²) in [5.74, 6) is -0.814. The molecule has 0 fully saturated rings. The molecular weight excluding hydrogens is 148 g/mol. The molecule has 60 valence electrons. The average molecular weight is 156 g/mol. The van der Waals surface area contributed by atoms with Gasteiger partial charge in [0.2, 0.25) is 5.75 Å². The van der Waals surface area contributed by atoms with E-state index < -0.39 is 17.1 Å². The van der Waals surface area contributed by atoms with Crippen LogP contribution < -0.4 is 5.63 Å². The van der Waals surface area contributed by atoms with Crippen molar-refractivity contribution in [1.29, 1.82) is 0 Å². The number of hydrogen-bond donors (Lipinski definition) is 2. The van der Waals surface area contributed by atoms with Crippen LogP contribution in [0.1, 0.15) is 12.7 Å². The summed E-state index contributed by atoms with van der Waals surface area (Å²) >= 11 is 0. The minimum atomic E-state index is -0.901. The Labute approximate surface area is 62.7 Å². The highest BCUT2D eigenvalue weighted by Crippen LogP contribution is 2.20. The predicted molar refractivity (Wildman–Crippen MR) is 37.7 cm³/mol. The SMILES string of the molecule is CCc1cc(O)c(O)c(=O)o1. The van der Waals surface area contributed by atoms with Gasteiger partial charge in [-0.25, -0.2) is 4.79 Å². The van der Waals surface area contributed by atoms with Crippen molar-refractivity contribution < 1.29 is 14.6 Å². The lowest BCUT2D eigenvalue weighted by atomic mass is 10.3. The number of hydrogen-bond acceptors (Lipinski definition) is 4. The lowest BCUT2D eigenvalue weighted by Gasteiger charge is -1.97. The first-order valence-electron chi connectivity index (χ1n) is 3.20. The molecule has 0 aliphatic carbocycles. The van der Waals surface area contributed by atoms with Gasteiger partial charge in [0.15, 0.2) is 5.75 Å². The molecular formula is C7H8O4. The van der Waals surface area contributed by atoms with Crippen LogP contribution in [0.15, 0.2) is 15.3 Å². The van der Waals surface area contributed by atoms with Crippen molar-refractivity contribution in [2.75, 3.05) is 0 Å². The van der Waals surface area contributed by atoms with Gasteiger partial charge in [0.1, 0.15) is 5.76 Å². The second-order valence-electron chi connectivity index (χ2n) is 2.09. The number of aromatic hydroxyl groups is 2. The molecule has 0 amide bonds. The van der Waals surface area contributed by atoms with Gasteiger partial charge in [-0.15, -0.1) is 0 Å². The van der Waals surface area contributed by atoms with Crippen molar-refractivity contribution in [3.05, 3.63) is 22.2 Å². The normalized spacial score (nSPS) is 9.91. The van der Waals surface area contributed by atoms with Crippen LogP contribution in [-0.4, -0.2) is 10.2 Å². The van der Waals surface area contributed by atoms with E-state index in [9.17, 15) is 4.79 Å². The van der Waals surface area contributed by atoms with Crippen LogP contribution >= 0.6 is 0 Å². The summed E-state index contributed by atoms with van der Waals surface area (Å²) in [5.41, 5.74) is -0.901. The molecule has 0 unspecified atom stereocenters. The summed E-state index contributed by atoms with van der Waals surface area (Å²) in [6, 6.07) is 1.22. The molecule has 0 atom stereocenters. The summed E-state index contributed by atoms with van der Waals surface area (Å²) in [7, 11) is 0. The fourth-order valence-corrected chi connectivity index (χ4v) is 0.697. The zero-order valence-electron chi connectivity index (χ0n) is 6.00.